The molecule has 1 nitrogen and oxygen atoms in total. The summed E-state index contributed by atoms with van der Waals surface area (Å²) in [7, 11) is 2.63. The predicted molar refractivity (Wildman–Crippen MR) is 63.8 cm³/mol. The van der Waals surface area contributed by atoms with E-state index in [0.717, 1.165) is 11.0 Å². The van der Waals surface area contributed by atoms with Crippen molar-refractivity contribution in [2.45, 2.75) is 6.92 Å². The van der Waals surface area contributed by atoms with Crippen molar-refractivity contribution in [1.29, 1.82) is 0 Å². The highest BCUT2D eigenvalue weighted by Gasteiger charge is 1.97. The number of hydrogen-bond acceptors (Lipinski definition) is 1. The van der Waals surface area contributed by atoms with Crippen molar-refractivity contribution in [3.05, 3.63) is 48.2 Å². The molecule has 0 bridgehead atoms. The second-order valence-electron chi connectivity index (χ2n) is 3.34. The molecule has 1 heterocycles. The lowest BCUT2D eigenvalue weighted by Crippen LogP contribution is -1.92. The fourth-order valence-electron chi connectivity index (χ4n) is 1.30. The Kier molecular flexibility index (Phi) is 2.60. The summed E-state index contributed by atoms with van der Waals surface area (Å²) < 4.78 is 0. The van der Waals surface area contributed by atoms with Gasteiger partial charge in [0.05, 0.1) is 5.69 Å². The molecule has 2 rings (SSSR count). The van der Waals surface area contributed by atoms with Crippen molar-refractivity contribution in [1.82, 2.24) is 4.98 Å². The van der Waals surface area contributed by atoms with Gasteiger partial charge in [-0.2, -0.15) is 0 Å². The van der Waals surface area contributed by atoms with E-state index in [2.05, 4.69) is 45.4 Å². The first-order chi connectivity index (χ1) is 6.75. The van der Waals surface area contributed by atoms with Crippen LogP contribution in [0.1, 0.15) is 5.56 Å². The van der Waals surface area contributed by atoms with Gasteiger partial charge in [-0.1, -0.05) is 35.9 Å². The monoisotopic (exact) mass is 201 g/mol. The summed E-state index contributed by atoms with van der Waals surface area (Å²) in [6, 6.07) is 12.5. The first kappa shape index (κ1) is 9.36. The fraction of sp³-hybridized carbons (Fsp3) is 0.0833. The van der Waals surface area contributed by atoms with Crippen LogP contribution in [0.3, 0.4) is 0 Å². The number of benzene rings is 1. The molecule has 0 saturated heterocycles. The van der Waals surface area contributed by atoms with Crippen molar-refractivity contribution in [3.8, 4) is 11.3 Å². The Labute approximate surface area is 86.4 Å². The lowest BCUT2D eigenvalue weighted by atomic mass is 10.1. The molecule has 0 aliphatic carbocycles. The molecule has 2 heteroatoms. The SMILES string of the molecule is Cc1ccc(-c2ccc(P)cn2)cc1. The molecule has 2 aromatic rings. The van der Waals surface area contributed by atoms with Gasteiger partial charge in [-0.3, -0.25) is 4.98 Å². The molecule has 0 aliphatic rings. The van der Waals surface area contributed by atoms with Crippen molar-refractivity contribution in [3.63, 3.8) is 0 Å². The summed E-state index contributed by atoms with van der Waals surface area (Å²) in [6.45, 7) is 2.09. The average molecular weight is 201 g/mol. The van der Waals surface area contributed by atoms with Crippen LogP contribution < -0.4 is 5.30 Å². The minimum Gasteiger partial charge on any atom is -0.256 e. The van der Waals surface area contributed by atoms with Crippen LogP contribution in [0.25, 0.3) is 11.3 Å². The predicted octanol–water partition coefficient (Wildman–Crippen LogP) is 2.56. The van der Waals surface area contributed by atoms with Crippen LogP contribution >= 0.6 is 9.24 Å². The molecule has 0 spiro atoms. The molecule has 0 amide bonds. The van der Waals surface area contributed by atoms with Gasteiger partial charge in [0.1, 0.15) is 0 Å². The topological polar surface area (TPSA) is 12.9 Å². The minimum absolute atomic E-state index is 1.02. The Bertz CT molecular complexity index is 374. The Morgan fingerprint density at radius 3 is 2.29 bits per heavy atom. The summed E-state index contributed by atoms with van der Waals surface area (Å²) >= 11 is 0. The molecular formula is C12H12NP. The highest BCUT2D eigenvalue weighted by atomic mass is 31.0. The van der Waals surface area contributed by atoms with Crippen molar-refractivity contribution >= 4 is 14.5 Å². The molecule has 0 fully saturated rings. The van der Waals surface area contributed by atoms with Gasteiger partial charge in [0.15, 0.2) is 0 Å². The molecule has 1 aromatic carbocycles. The first-order valence-electron chi connectivity index (χ1n) is 4.54. The van der Waals surface area contributed by atoms with Gasteiger partial charge in [0.2, 0.25) is 0 Å². The van der Waals surface area contributed by atoms with Gasteiger partial charge in [-0.15, -0.1) is 9.24 Å². The van der Waals surface area contributed by atoms with Crippen molar-refractivity contribution in [2.24, 2.45) is 0 Å². The van der Waals surface area contributed by atoms with Crippen LogP contribution in [0.15, 0.2) is 42.6 Å². The average Bonchev–Trinajstić information content (AvgIpc) is 2.21. The van der Waals surface area contributed by atoms with E-state index in [1.165, 1.54) is 11.1 Å². The zero-order valence-electron chi connectivity index (χ0n) is 8.07. The Balaban J connectivity index is 2.40. The summed E-state index contributed by atoms with van der Waals surface area (Å²) in [4.78, 5) is 4.36. The van der Waals surface area contributed by atoms with Gasteiger partial charge in [0.25, 0.3) is 0 Å². The molecule has 1 unspecified atom stereocenters. The Morgan fingerprint density at radius 2 is 1.71 bits per heavy atom. The molecule has 70 valence electrons. The largest absolute Gasteiger partial charge is 0.256 e. The molecule has 0 saturated carbocycles. The van der Waals surface area contributed by atoms with Crippen LogP contribution in [0, 0.1) is 6.92 Å². The number of nitrogens with zero attached hydrogens (tertiary/aromatic N) is 1. The van der Waals surface area contributed by atoms with Gasteiger partial charge < -0.3 is 0 Å². The van der Waals surface area contributed by atoms with Crippen LogP contribution in [0.2, 0.25) is 0 Å². The van der Waals surface area contributed by atoms with Gasteiger partial charge in [-0.25, -0.2) is 0 Å². The fourth-order valence-corrected chi connectivity index (χ4v) is 1.47. The third kappa shape index (κ3) is 2.00. The van der Waals surface area contributed by atoms with E-state index in [1.807, 2.05) is 18.3 Å². The molecule has 14 heavy (non-hydrogen) atoms. The maximum atomic E-state index is 4.36. The van der Waals surface area contributed by atoms with Crippen LogP contribution in [0.4, 0.5) is 0 Å². The zero-order valence-corrected chi connectivity index (χ0v) is 9.22. The van der Waals surface area contributed by atoms with Crippen LogP contribution in [0.5, 0.6) is 0 Å². The molecule has 1 atom stereocenters. The first-order valence-corrected chi connectivity index (χ1v) is 5.12. The second-order valence-corrected chi connectivity index (χ2v) is 4.01. The van der Waals surface area contributed by atoms with Crippen molar-refractivity contribution in [2.75, 3.05) is 0 Å². The van der Waals surface area contributed by atoms with Crippen LogP contribution in [-0.2, 0) is 0 Å². The number of hydrogen-bond donors (Lipinski definition) is 0. The Hall–Kier alpha value is -1.20. The lowest BCUT2D eigenvalue weighted by Gasteiger charge is -2.01. The van der Waals surface area contributed by atoms with E-state index >= 15 is 0 Å². The van der Waals surface area contributed by atoms with E-state index in [-0.39, 0.29) is 0 Å². The Morgan fingerprint density at radius 1 is 1.00 bits per heavy atom. The number of aromatic nitrogens is 1. The molecule has 0 aliphatic heterocycles. The van der Waals surface area contributed by atoms with Crippen LogP contribution in [-0.4, -0.2) is 4.98 Å². The highest BCUT2D eigenvalue weighted by molar-refractivity contribution is 7.27. The smallest absolute Gasteiger partial charge is 0.0702 e. The maximum Gasteiger partial charge on any atom is 0.0702 e. The summed E-state index contributed by atoms with van der Waals surface area (Å²) in [5.74, 6) is 0. The molecule has 0 N–H and O–H groups in total. The quantitative estimate of drug-likeness (QED) is 0.646. The second kappa shape index (κ2) is 3.89. The van der Waals surface area contributed by atoms with Crippen molar-refractivity contribution < 1.29 is 0 Å². The normalized spacial score (nSPS) is 10.1. The van der Waals surface area contributed by atoms with Gasteiger partial charge >= 0.3 is 0 Å². The summed E-state index contributed by atoms with van der Waals surface area (Å²) in [5, 5.41) is 1.11. The number of aryl methyl sites for hydroxylation is 1. The van der Waals surface area contributed by atoms with Gasteiger partial charge in [-0.05, 0) is 18.3 Å². The molecule has 0 radical (unpaired) electrons. The third-order valence-corrected chi connectivity index (χ3v) is 2.48. The van der Waals surface area contributed by atoms with E-state index in [1.54, 1.807) is 0 Å². The number of pyridine rings is 1. The molecule has 1 aromatic heterocycles. The summed E-state index contributed by atoms with van der Waals surface area (Å²) in [6.07, 6.45) is 1.86. The molecular weight excluding hydrogens is 189 g/mol. The van der Waals surface area contributed by atoms with E-state index in [0.29, 0.717) is 0 Å². The number of rotatable bonds is 1. The van der Waals surface area contributed by atoms with E-state index < -0.39 is 0 Å². The van der Waals surface area contributed by atoms with E-state index in [9.17, 15) is 0 Å². The summed E-state index contributed by atoms with van der Waals surface area (Å²) in [5.41, 5.74) is 3.47. The lowest BCUT2D eigenvalue weighted by molar-refractivity contribution is 1.34. The third-order valence-electron chi connectivity index (χ3n) is 2.13. The minimum atomic E-state index is 1.02. The standard InChI is InChI=1S/C12H12NP/c1-9-2-4-10(5-3-9)12-7-6-11(14)8-13-12/h2-8H,14H2,1H3. The van der Waals surface area contributed by atoms with Gasteiger partial charge in [0, 0.05) is 11.8 Å². The van der Waals surface area contributed by atoms with E-state index in [4.69, 9.17) is 0 Å². The maximum absolute atomic E-state index is 4.36. The zero-order chi connectivity index (χ0) is 9.97. The highest BCUT2D eigenvalue weighted by Crippen LogP contribution is 2.16.